The highest BCUT2D eigenvalue weighted by Crippen LogP contribution is 2.26. The molecule has 0 aliphatic rings. The molecule has 0 bridgehead atoms. The van der Waals surface area contributed by atoms with Gasteiger partial charge in [-0.25, -0.2) is 4.68 Å². The molecule has 1 amide bonds. The second-order valence-electron chi connectivity index (χ2n) is 5.92. The largest absolute Gasteiger partial charge is 0.320 e. The predicted octanol–water partition coefficient (Wildman–Crippen LogP) is 5.37. The van der Waals surface area contributed by atoms with Crippen LogP contribution >= 0.6 is 34.5 Å². The van der Waals surface area contributed by atoms with E-state index in [-0.39, 0.29) is 10.9 Å². The van der Waals surface area contributed by atoms with Crippen molar-refractivity contribution in [3.63, 3.8) is 0 Å². The summed E-state index contributed by atoms with van der Waals surface area (Å²) < 4.78 is 1.75. The van der Waals surface area contributed by atoms with Crippen LogP contribution in [0.1, 0.15) is 20.4 Å². The van der Waals surface area contributed by atoms with Gasteiger partial charge in [-0.3, -0.25) is 4.79 Å². The van der Waals surface area contributed by atoms with Crippen molar-refractivity contribution >= 4 is 57.2 Å². The Morgan fingerprint density at radius 1 is 1.03 bits per heavy atom. The van der Waals surface area contributed by atoms with Crippen LogP contribution in [0.4, 0.5) is 5.69 Å². The zero-order chi connectivity index (χ0) is 20.2. The molecule has 2 heterocycles. The molecule has 0 aliphatic carbocycles. The minimum atomic E-state index is -0.363. The summed E-state index contributed by atoms with van der Waals surface area (Å²) in [4.78, 5) is 12.3. The van der Waals surface area contributed by atoms with Gasteiger partial charge in [-0.15, -0.1) is 10.2 Å². The van der Waals surface area contributed by atoms with E-state index >= 15 is 0 Å². The highest BCUT2D eigenvalue weighted by molar-refractivity contribution is 7.15. The van der Waals surface area contributed by atoms with Gasteiger partial charge in [0, 0.05) is 22.5 Å². The Kier molecular flexibility index (Phi) is 5.71. The number of benzene rings is 2. The Morgan fingerprint density at radius 2 is 1.76 bits per heavy atom. The molecule has 4 rings (SSSR count). The SMILES string of the molecule is O=C(Nc1ccc(Cl)cc1)c1nnc(/C(Cl)=C/c2cnn(-c3ccccc3)c2)s1. The number of carbonyl (C=O) groups is 1. The summed E-state index contributed by atoms with van der Waals surface area (Å²) in [6.07, 6.45) is 5.28. The molecule has 0 unspecified atom stereocenters. The molecule has 9 heteroatoms. The van der Waals surface area contributed by atoms with E-state index in [4.69, 9.17) is 23.2 Å². The number of amides is 1. The van der Waals surface area contributed by atoms with Gasteiger partial charge < -0.3 is 5.32 Å². The van der Waals surface area contributed by atoms with Crippen LogP contribution in [0.3, 0.4) is 0 Å². The van der Waals surface area contributed by atoms with E-state index in [9.17, 15) is 4.79 Å². The van der Waals surface area contributed by atoms with Crippen LogP contribution in [0.25, 0.3) is 16.8 Å². The molecule has 0 aliphatic heterocycles. The first kappa shape index (κ1) is 19.3. The average molecular weight is 442 g/mol. The summed E-state index contributed by atoms with van der Waals surface area (Å²) in [5.74, 6) is -0.363. The highest BCUT2D eigenvalue weighted by Gasteiger charge is 2.15. The van der Waals surface area contributed by atoms with E-state index in [2.05, 4.69) is 20.6 Å². The maximum atomic E-state index is 12.3. The number of aromatic nitrogens is 4. The first-order valence-electron chi connectivity index (χ1n) is 8.46. The second kappa shape index (κ2) is 8.57. The molecule has 6 nitrogen and oxygen atoms in total. The topological polar surface area (TPSA) is 72.7 Å². The van der Waals surface area contributed by atoms with Crippen LogP contribution in [0.2, 0.25) is 5.02 Å². The van der Waals surface area contributed by atoms with Crippen molar-refractivity contribution in [1.29, 1.82) is 0 Å². The van der Waals surface area contributed by atoms with Gasteiger partial charge in [0.25, 0.3) is 5.91 Å². The Bertz CT molecular complexity index is 1170. The fourth-order valence-corrected chi connectivity index (χ4v) is 3.52. The minimum Gasteiger partial charge on any atom is -0.320 e. The molecule has 0 spiro atoms. The van der Waals surface area contributed by atoms with E-state index in [1.54, 1.807) is 41.2 Å². The molecule has 2 aromatic heterocycles. The van der Waals surface area contributed by atoms with Gasteiger partial charge in [0.05, 0.1) is 16.9 Å². The lowest BCUT2D eigenvalue weighted by molar-refractivity contribution is 0.102. The molecule has 4 aromatic rings. The molecule has 1 N–H and O–H groups in total. The van der Waals surface area contributed by atoms with E-state index in [0.29, 0.717) is 20.7 Å². The van der Waals surface area contributed by atoms with Gasteiger partial charge in [0.2, 0.25) is 5.01 Å². The van der Waals surface area contributed by atoms with E-state index in [1.165, 1.54) is 0 Å². The lowest BCUT2D eigenvalue weighted by Gasteiger charge is -2.01. The van der Waals surface area contributed by atoms with Gasteiger partial charge in [-0.1, -0.05) is 52.7 Å². The van der Waals surface area contributed by atoms with Crippen LogP contribution < -0.4 is 5.32 Å². The molecule has 0 fully saturated rings. The summed E-state index contributed by atoms with van der Waals surface area (Å²) in [5.41, 5.74) is 2.37. The molecule has 0 saturated carbocycles. The number of carbonyl (C=O) groups excluding carboxylic acids is 1. The van der Waals surface area contributed by atoms with Crippen LogP contribution in [-0.4, -0.2) is 25.9 Å². The van der Waals surface area contributed by atoms with E-state index in [0.717, 1.165) is 22.6 Å². The van der Waals surface area contributed by atoms with Crippen molar-refractivity contribution in [2.75, 3.05) is 5.32 Å². The molecular formula is C20H13Cl2N5OS. The van der Waals surface area contributed by atoms with Crippen LogP contribution in [0.5, 0.6) is 0 Å². The quantitative estimate of drug-likeness (QED) is 0.451. The number of nitrogens with one attached hydrogen (secondary N) is 1. The van der Waals surface area contributed by atoms with Gasteiger partial charge in [-0.2, -0.15) is 5.10 Å². The zero-order valence-electron chi connectivity index (χ0n) is 14.8. The van der Waals surface area contributed by atoms with Gasteiger partial charge in [-0.05, 0) is 42.5 Å². The number of anilines is 1. The third-order valence-corrected chi connectivity index (χ3v) is 5.45. The molecule has 2 aromatic carbocycles. The molecule has 0 atom stereocenters. The normalized spacial score (nSPS) is 11.4. The van der Waals surface area contributed by atoms with Crippen molar-refractivity contribution < 1.29 is 4.79 Å². The standard InChI is InChI=1S/C20H13Cl2N5OS/c21-14-6-8-15(9-7-14)24-18(28)20-26-25-19(29-20)17(22)10-13-11-23-27(12-13)16-4-2-1-3-5-16/h1-12H,(H,24,28)/b17-10-. The fraction of sp³-hybridized carbons (Fsp3) is 0. The van der Waals surface area contributed by atoms with Crippen LogP contribution in [0, 0.1) is 0 Å². The second-order valence-corrected chi connectivity index (χ2v) is 7.74. The monoisotopic (exact) mass is 441 g/mol. The third kappa shape index (κ3) is 4.71. The molecular weight excluding hydrogens is 429 g/mol. The maximum absolute atomic E-state index is 12.3. The van der Waals surface area contributed by atoms with Crippen molar-refractivity contribution in [2.24, 2.45) is 0 Å². The number of nitrogens with zero attached hydrogens (tertiary/aromatic N) is 4. The first-order chi connectivity index (χ1) is 14.1. The van der Waals surface area contributed by atoms with Gasteiger partial charge >= 0.3 is 0 Å². The lowest BCUT2D eigenvalue weighted by atomic mass is 10.3. The van der Waals surface area contributed by atoms with Crippen molar-refractivity contribution in [1.82, 2.24) is 20.0 Å². The number of hydrogen-bond donors (Lipinski definition) is 1. The fourth-order valence-electron chi connectivity index (χ4n) is 2.47. The predicted molar refractivity (Wildman–Crippen MR) is 117 cm³/mol. The number of hydrogen-bond acceptors (Lipinski definition) is 5. The van der Waals surface area contributed by atoms with E-state index in [1.807, 2.05) is 36.5 Å². The highest BCUT2D eigenvalue weighted by atomic mass is 35.5. The van der Waals surface area contributed by atoms with Gasteiger partial charge in [0.15, 0.2) is 5.01 Å². The summed E-state index contributed by atoms with van der Waals surface area (Å²) >= 11 is 13.3. The average Bonchev–Trinajstić information content (AvgIpc) is 3.40. The Balaban J connectivity index is 1.48. The Labute approximate surface area is 180 Å². The number of rotatable bonds is 5. The van der Waals surface area contributed by atoms with Crippen LogP contribution in [-0.2, 0) is 0 Å². The summed E-state index contributed by atoms with van der Waals surface area (Å²) in [5, 5.41) is 16.6. The maximum Gasteiger partial charge on any atom is 0.286 e. The summed E-state index contributed by atoms with van der Waals surface area (Å²) in [7, 11) is 0. The Hall–Kier alpha value is -3.00. The van der Waals surface area contributed by atoms with Crippen molar-refractivity contribution in [3.05, 3.63) is 87.6 Å². The van der Waals surface area contributed by atoms with Gasteiger partial charge in [0.1, 0.15) is 0 Å². The molecule has 29 heavy (non-hydrogen) atoms. The third-order valence-electron chi connectivity index (χ3n) is 3.84. The molecule has 144 valence electrons. The first-order valence-corrected chi connectivity index (χ1v) is 10.0. The van der Waals surface area contributed by atoms with Crippen molar-refractivity contribution in [3.8, 4) is 5.69 Å². The smallest absolute Gasteiger partial charge is 0.286 e. The number of para-hydroxylation sites is 1. The van der Waals surface area contributed by atoms with Crippen LogP contribution in [0.15, 0.2) is 67.0 Å². The van der Waals surface area contributed by atoms with E-state index < -0.39 is 0 Å². The summed E-state index contributed by atoms with van der Waals surface area (Å²) in [6.45, 7) is 0. The Morgan fingerprint density at radius 3 is 2.52 bits per heavy atom. The zero-order valence-corrected chi connectivity index (χ0v) is 17.1. The lowest BCUT2D eigenvalue weighted by Crippen LogP contribution is -2.11. The summed E-state index contributed by atoms with van der Waals surface area (Å²) in [6, 6.07) is 16.5. The number of halogens is 2. The minimum absolute atomic E-state index is 0.210. The molecule has 0 saturated heterocycles. The van der Waals surface area contributed by atoms with Crippen molar-refractivity contribution in [2.45, 2.75) is 0 Å². The molecule has 0 radical (unpaired) electrons.